The third-order valence-corrected chi connectivity index (χ3v) is 7.35. The number of amides is 2. The van der Waals surface area contributed by atoms with Gasteiger partial charge in [-0.2, -0.15) is 4.39 Å². The van der Waals surface area contributed by atoms with Gasteiger partial charge < -0.3 is 15.3 Å². The Kier molecular flexibility index (Phi) is 8.02. The van der Waals surface area contributed by atoms with Gasteiger partial charge in [0.2, 0.25) is 11.7 Å². The van der Waals surface area contributed by atoms with Gasteiger partial charge in [-0.1, -0.05) is 32.6 Å². The lowest BCUT2D eigenvalue weighted by molar-refractivity contribution is -0.124. The zero-order valence-electron chi connectivity index (χ0n) is 19.9. The Hall–Kier alpha value is -2.69. The summed E-state index contributed by atoms with van der Waals surface area (Å²) in [6.45, 7) is 5.33. The molecule has 2 aliphatic heterocycles. The van der Waals surface area contributed by atoms with Crippen LogP contribution in [0.3, 0.4) is 0 Å². The highest BCUT2D eigenvalue weighted by atomic mass is 19.1. The minimum absolute atomic E-state index is 0.0166. The van der Waals surface area contributed by atoms with Crippen LogP contribution in [-0.4, -0.2) is 70.7 Å². The predicted octanol–water partition coefficient (Wildman–Crippen LogP) is 2.37. The highest BCUT2D eigenvalue weighted by Crippen LogP contribution is 2.31. The summed E-state index contributed by atoms with van der Waals surface area (Å²) < 4.78 is 15.5. The molecule has 3 heterocycles. The number of aryl methyl sites for hydroxylation is 1. The minimum Gasteiger partial charge on any atom is -0.465 e. The molecule has 0 unspecified atom stereocenters. The number of fused-ring (bicyclic) bond motifs is 1. The highest BCUT2D eigenvalue weighted by Gasteiger charge is 2.33. The first-order valence-corrected chi connectivity index (χ1v) is 12.5. The van der Waals surface area contributed by atoms with Gasteiger partial charge >= 0.3 is 6.09 Å². The number of rotatable bonds is 9. The molecule has 3 fully saturated rings. The number of hydrazine groups is 1. The van der Waals surface area contributed by atoms with E-state index in [-0.39, 0.29) is 24.1 Å². The third kappa shape index (κ3) is 5.86. The van der Waals surface area contributed by atoms with Crippen LogP contribution in [0.25, 0.3) is 0 Å². The Labute approximate surface area is 199 Å². The van der Waals surface area contributed by atoms with Crippen LogP contribution < -0.4 is 21.1 Å². The number of hydrogen-bond acceptors (Lipinski definition) is 7. The molecule has 4 N–H and O–H groups in total. The van der Waals surface area contributed by atoms with Crippen LogP contribution in [0.2, 0.25) is 0 Å². The summed E-state index contributed by atoms with van der Waals surface area (Å²) in [6, 6.07) is 0.419. The molecule has 2 amide bonds. The van der Waals surface area contributed by atoms with E-state index in [1.54, 1.807) is 0 Å². The monoisotopic (exact) mass is 477 g/mol. The van der Waals surface area contributed by atoms with Crippen LogP contribution in [0, 0.1) is 17.7 Å². The van der Waals surface area contributed by atoms with E-state index in [0.717, 1.165) is 51.7 Å². The van der Waals surface area contributed by atoms with E-state index in [2.05, 4.69) is 31.0 Å². The van der Waals surface area contributed by atoms with Gasteiger partial charge in [0.1, 0.15) is 5.82 Å². The molecule has 4 rings (SSSR count). The largest absolute Gasteiger partial charge is 0.465 e. The fraction of sp³-hybridized carbons (Fsp3) is 0.739. The second-order valence-corrected chi connectivity index (χ2v) is 9.64. The fourth-order valence-corrected chi connectivity index (χ4v) is 5.48. The van der Waals surface area contributed by atoms with Crippen LogP contribution in [0.15, 0.2) is 0 Å². The van der Waals surface area contributed by atoms with E-state index in [9.17, 15) is 9.59 Å². The standard InChI is InChI=1S/C23H36FN7O3/c1-2-18-26-20(19(24)21(27-18)31-11-10-30-9-5-8-17(30)14-31)28-29-22(32)16(13-25-23(33)34)12-15-6-3-4-7-15/h15-17,25H,2-14H2,1H3,(H,29,32)(H,33,34)(H,26,27,28)/t16-,17+/m1/s1. The number of aromatic nitrogens is 2. The van der Waals surface area contributed by atoms with Crippen molar-refractivity contribution in [1.29, 1.82) is 0 Å². The smallest absolute Gasteiger partial charge is 0.404 e. The lowest BCUT2D eigenvalue weighted by Crippen LogP contribution is -2.50. The van der Waals surface area contributed by atoms with Gasteiger partial charge in [0, 0.05) is 38.6 Å². The third-order valence-electron chi connectivity index (χ3n) is 7.35. The van der Waals surface area contributed by atoms with Gasteiger partial charge in [-0.25, -0.2) is 14.8 Å². The first-order chi connectivity index (χ1) is 16.4. The maximum Gasteiger partial charge on any atom is 0.404 e. The number of carbonyl (C=O) groups is 2. The number of nitrogens with zero attached hydrogens (tertiary/aromatic N) is 4. The molecule has 0 bridgehead atoms. The normalized spacial score (nSPS) is 21.8. The molecular formula is C23H36FN7O3. The average Bonchev–Trinajstić information content (AvgIpc) is 3.52. The van der Waals surface area contributed by atoms with Crippen LogP contribution in [0.5, 0.6) is 0 Å². The summed E-state index contributed by atoms with van der Waals surface area (Å²) in [6.07, 6.45) is 6.59. The maximum absolute atomic E-state index is 15.5. The number of anilines is 2. The van der Waals surface area contributed by atoms with Gasteiger partial charge in [-0.05, 0) is 31.7 Å². The molecule has 1 saturated carbocycles. The molecule has 1 aromatic rings. The SMILES string of the molecule is CCc1nc(NNC(=O)[C@@H](CNC(=O)O)CC2CCCC2)c(F)c(N2CCN3CCC[C@H]3C2)n1. The van der Waals surface area contributed by atoms with Crippen molar-refractivity contribution in [2.45, 2.75) is 64.3 Å². The molecule has 3 aliphatic rings. The number of carboxylic acid groups (broad SMARTS) is 1. The molecule has 0 spiro atoms. The molecule has 1 aromatic heterocycles. The van der Waals surface area contributed by atoms with Crippen molar-refractivity contribution >= 4 is 23.6 Å². The van der Waals surface area contributed by atoms with Gasteiger partial charge in [-0.3, -0.25) is 20.5 Å². The topological polar surface area (TPSA) is 123 Å². The lowest BCUT2D eigenvalue weighted by Gasteiger charge is -2.38. The van der Waals surface area contributed by atoms with Crippen molar-refractivity contribution in [3.8, 4) is 0 Å². The quantitative estimate of drug-likeness (QED) is 0.400. The van der Waals surface area contributed by atoms with Crippen molar-refractivity contribution in [3.63, 3.8) is 0 Å². The number of piperazine rings is 1. The molecule has 188 valence electrons. The van der Waals surface area contributed by atoms with Crippen LogP contribution in [0.4, 0.5) is 20.8 Å². The summed E-state index contributed by atoms with van der Waals surface area (Å²) in [5, 5.41) is 11.3. The Morgan fingerprint density at radius 1 is 1.15 bits per heavy atom. The van der Waals surface area contributed by atoms with Crippen molar-refractivity contribution in [2.75, 3.05) is 43.0 Å². The molecule has 1 aliphatic carbocycles. The molecule has 2 saturated heterocycles. The van der Waals surface area contributed by atoms with Crippen molar-refractivity contribution in [3.05, 3.63) is 11.6 Å². The van der Waals surface area contributed by atoms with E-state index < -0.39 is 17.8 Å². The number of carbonyl (C=O) groups excluding carboxylic acids is 1. The van der Waals surface area contributed by atoms with Crippen LogP contribution in [-0.2, 0) is 11.2 Å². The first-order valence-electron chi connectivity index (χ1n) is 12.5. The fourth-order valence-electron chi connectivity index (χ4n) is 5.48. The molecule has 2 atom stereocenters. The number of nitrogens with one attached hydrogen (secondary N) is 3. The highest BCUT2D eigenvalue weighted by molar-refractivity contribution is 5.80. The second kappa shape index (κ2) is 11.2. The van der Waals surface area contributed by atoms with Crippen LogP contribution >= 0.6 is 0 Å². The molecule has 0 radical (unpaired) electrons. The molecule has 0 aromatic carbocycles. The maximum atomic E-state index is 15.5. The van der Waals surface area contributed by atoms with Crippen LogP contribution in [0.1, 0.15) is 57.7 Å². The van der Waals surface area contributed by atoms with Crippen molar-refractivity contribution in [2.24, 2.45) is 11.8 Å². The molecule has 10 nitrogen and oxygen atoms in total. The van der Waals surface area contributed by atoms with E-state index in [4.69, 9.17) is 5.11 Å². The van der Waals surface area contributed by atoms with Crippen molar-refractivity contribution in [1.82, 2.24) is 25.6 Å². The molecule has 11 heteroatoms. The number of hydrogen-bond donors (Lipinski definition) is 4. The molecule has 34 heavy (non-hydrogen) atoms. The average molecular weight is 478 g/mol. The van der Waals surface area contributed by atoms with Gasteiger partial charge in [0.05, 0.1) is 5.92 Å². The van der Waals surface area contributed by atoms with E-state index in [1.807, 2.05) is 11.8 Å². The Bertz CT molecular complexity index is 880. The second-order valence-electron chi connectivity index (χ2n) is 9.64. The van der Waals surface area contributed by atoms with Gasteiger partial charge in [0.25, 0.3) is 0 Å². The zero-order valence-corrected chi connectivity index (χ0v) is 19.9. The van der Waals surface area contributed by atoms with Gasteiger partial charge in [0.15, 0.2) is 11.6 Å². The number of halogens is 1. The minimum atomic E-state index is -1.17. The Morgan fingerprint density at radius 3 is 2.68 bits per heavy atom. The van der Waals surface area contributed by atoms with E-state index >= 15 is 4.39 Å². The van der Waals surface area contributed by atoms with Crippen molar-refractivity contribution < 1.29 is 19.1 Å². The zero-order chi connectivity index (χ0) is 24.1. The Balaban J connectivity index is 1.44. The predicted molar refractivity (Wildman–Crippen MR) is 126 cm³/mol. The first kappa shape index (κ1) is 24.4. The molecular weight excluding hydrogens is 441 g/mol. The summed E-state index contributed by atoms with van der Waals surface area (Å²) in [7, 11) is 0. The van der Waals surface area contributed by atoms with E-state index in [0.29, 0.717) is 37.2 Å². The summed E-state index contributed by atoms with van der Waals surface area (Å²) in [5.41, 5.74) is 5.25. The lowest BCUT2D eigenvalue weighted by atomic mass is 9.92. The summed E-state index contributed by atoms with van der Waals surface area (Å²) in [4.78, 5) is 37.0. The van der Waals surface area contributed by atoms with Gasteiger partial charge in [-0.15, -0.1) is 0 Å². The van der Waals surface area contributed by atoms with E-state index in [1.165, 1.54) is 6.42 Å². The summed E-state index contributed by atoms with van der Waals surface area (Å²) >= 11 is 0. The Morgan fingerprint density at radius 2 is 1.94 bits per heavy atom. The summed E-state index contributed by atoms with van der Waals surface area (Å²) in [5.74, 6) is -0.401.